The van der Waals surface area contributed by atoms with E-state index in [1.807, 2.05) is 0 Å². The van der Waals surface area contributed by atoms with E-state index in [-0.39, 0.29) is 16.9 Å². The molecule has 0 aliphatic heterocycles. The average molecular weight is 468 g/mol. The van der Waals surface area contributed by atoms with Crippen molar-refractivity contribution in [2.75, 3.05) is 23.8 Å². The molecule has 0 heterocycles. The van der Waals surface area contributed by atoms with Crippen molar-refractivity contribution >= 4 is 33.2 Å². The van der Waals surface area contributed by atoms with Crippen LogP contribution in [0.5, 0.6) is 5.75 Å². The lowest BCUT2D eigenvalue weighted by Crippen LogP contribution is -2.27. The first-order valence-corrected chi connectivity index (χ1v) is 11.5. The highest BCUT2D eigenvalue weighted by Gasteiger charge is 2.25. The van der Waals surface area contributed by atoms with E-state index in [1.54, 1.807) is 61.5 Å². The van der Waals surface area contributed by atoms with E-state index in [0.29, 0.717) is 28.3 Å². The van der Waals surface area contributed by atoms with Crippen molar-refractivity contribution in [3.63, 3.8) is 0 Å². The number of methoxy groups -OCH3 is 1. The monoisotopic (exact) mass is 467 g/mol. The predicted octanol–water partition coefficient (Wildman–Crippen LogP) is 3.11. The fraction of sp³-hybridized carbons (Fsp3) is 0.167. The van der Waals surface area contributed by atoms with Crippen LogP contribution in [0.4, 0.5) is 11.4 Å². The normalized spacial score (nSPS) is 11.0. The van der Waals surface area contributed by atoms with E-state index in [9.17, 15) is 18.0 Å². The zero-order valence-corrected chi connectivity index (χ0v) is 19.3. The average Bonchev–Trinajstić information content (AvgIpc) is 2.79. The molecule has 0 bridgehead atoms. The first-order valence-electron chi connectivity index (χ1n) is 10.0. The summed E-state index contributed by atoms with van der Waals surface area (Å²) in [6.45, 7) is 1.71. The van der Waals surface area contributed by atoms with Crippen LogP contribution in [0.25, 0.3) is 0 Å². The Bertz CT molecular complexity index is 1300. The van der Waals surface area contributed by atoms with Crippen molar-refractivity contribution in [3.8, 4) is 5.75 Å². The molecule has 3 rings (SSSR count). The number of para-hydroxylation sites is 3. The molecular formula is C24H25N3O5S. The van der Waals surface area contributed by atoms with Crippen LogP contribution in [0.2, 0.25) is 0 Å². The van der Waals surface area contributed by atoms with E-state index in [4.69, 9.17) is 10.5 Å². The van der Waals surface area contributed by atoms with Crippen molar-refractivity contribution in [3.05, 3.63) is 83.4 Å². The number of aryl methyl sites for hydroxylation is 1. The molecule has 9 heteroatoms. The van der Waals surface area contributed by atoms with Crippen molar-refractivity contribution in [1.82, 2.24) is 0 Å². The molecule has 0 aliphatic carbocycles. The summed E-state index contributed by atoms with van der Waals surface area (Å²) >= 11 is 0. The molecule has 0 atom stereocenters. The highest BCUT2D eigenvalue weighted by Crippen LogP contribution is 2.31. The van der Waals surface area contributed by atoms with E-state index in [0.717, 1.165) is 4.31 Å². The molecule has 0 aromatic heterocycles. The fourth-order valence-electron chi connectivity index (χ4n) is 3.36. The van der Waals surface area contributed by atoms with Gasteiger partial charge in [0.05, 0.1) is 24.1 Å². The molecule has 0 saturated carbocycles. The molecule has 0 radical (unpaired) electrons. The number of carbonyl (C=O) groups is 2. The second-order valence-electron chi connectivity index (χ2n) is 7.38. The Kier molecular flexibility index (Phi) is 7.03. The first kappa shape index (κ1) is 23.8. The molecule has 0 saturated heterocycles. The number of nitrogens with two attached hydrogens (primary N) is 1. The smallest absolute Gasteiger partial charge is 0.264 e. The molecule has 0 fully saturated rings. The lowest BCUT2D eigenvalue weighted by molar-refractivity contribution is -0.117. The number of anilines is 2. The van der Waals surface area contributed by atoms with E-state index in [2.05, 4.69) is 5.32 Å². The lowest BCUT2D eigenvalue weighted by Gasteiger charge is -2.22. The van der Waals surface area contributed by atoms with Gasteiger partial charge in [-0.1, -0.05) is 36.4 Å². The first-order chi connectivity index (χ1) is 15.6. The van der Waals surface area contributed by atoms with Crippen LogP contribution in [0.1, 0.15) is 21.5 Å². The zero-order chi connectivity index (χ0) is 24.2. The molecular weight excluding hydrogens is 442 g/mol. The van der Waals surface area contributed by atoms with E-state index < -0.39 is 21.8 Å². The van der Waals surface area contributed by atoms with Gasteiger partial charge in [0.25, 0.3) is 15.9 Å². The molecule has 0 unspecified atom stereocenters. The zero-order valence-electron chi connectivity index (χ0n) is 18.5. The van der Waals surface area contributed by atoms with Crippen LogP contribution in [-0.4, -0.2) is 34.4 Å². The third-order valence-corrected chi connectivity index (χ3v) is 6.93. The van der Waals surface area contributed by atoms with Crippen LogP contribution in [0, 0.1) is 6.92 Å². The van der Waals surface area contributed by atoms with Crippen LogP contribution < -0.4 is 20.1 Å². The number of carbonyl (C=O) groups excluding carboxylic acids is 2. The Morgan fingerprint density at radius 1 is 1.03 bits per heavy atom. The summed E-state index contributed by atoms with van der Waals surface area (Å²) in [5, 5.41) is 2.76. The van der Waals surface area contributed by atoms with Crippen LogP contribution in [0.3, 0.4) is 0 Å². The number of nitrogens with one attached hydrogen (secondary N) is 1. The molecule has 8 nitrogen and oxygen atoms in total. The van der Waals surface area contributed by atoms with Gasteiger partial charge in [0.2, 0.25) is 5.91 Å². The van der Waals surface area contributed by atoms with Crippen LogP contribution in [0.15, 0.2) is 71.6 Å². The quantitative estimate of drug-likeness (QED) is 0.528. The Labute approximate surface area is 193 Å². The van der Waals surface area contributed by atoms with Crippen LogP contribution >= 0.6 is 0 Å². The second kappa shape index (κ2) is 9.74. The summed E-state index contributed by atoms with van der Waals surface area (Å²) in [5.74, 6) is -0.624. The number of nitrogens with zero attached hydrogens (tertiary/aromatic N) is 1. The second-order valence-corrected chi connectivity index (χ2v) is 9.34. The molecule has 3 N–H and O–H groups in total. The fourth-order valence-corrected chi connectivity index (χ4v) is 4.59. The topological polar surface area (TPSA) is 119 Å². The Morgan fingerprint density at radius 3 is 2.39 bits per heavy atom. The number of sulfonamides is 1. The third-order valence-electron chi connectivity index (χ3n) is 5.17. The van der Waals surface area contributed by atoms with Gasteiger partial charge in [-0.25, -0.2) is 8.42 Å². The molecule has 2 amide bonds. The summed E-state index contributed by atoms with van der Waals surface area (Å²) < 4.78 is 33.0. The molecule has 3 aromatic carbocycles. The minimum Gasteiger partial charge on any atom is -0.495 e. The largest absolute Gasteiger partial charge is 0.495 e. The van der Waals surface area contributed by atoms with E-state index >= 15 is 0 Å². The number of primary amides is 1. The maximum Gasteiger partial charge on any atom is 0.264 e. The molecule has 33 heavy (non-hydrogen) atoms. The highest BCUT2D eigenvalue weighted by molar-refractivity contribution is 7.92. The van der Waals surface area contributed by atoms with Crippen molar-refractivity contribution in [2.24, 2.45) is 5.73 Å². The Hall–Kier alpha value is -3.85. The summed E-state index contributed by atoms with van der Waals surface area (Å²) in [7, 11) is -1.10. The van der Waals surface area contributed by atoms with Gasteiger partial charge < -0.3 is 15.8 Å². The number of amides is 2. The number of hydrogen-bond donors (Lipinski definition) is 2. The Balaban J connectivity index is 1.95. The number of hydrogen-bond acceptors (Lipinski definition) is 5. The maximum atomic E-state index is 13.3. The summed E-state index contributed by atoms with van der Waals surface area (Å²) in [6.07, 6.45) is -0.0342. The van der Waals surface area contributed by atoms with E-state index in [1.165, 1.54) is 26.3 Å². The SMILES string of the molecule is COc1ccccc1N(C)S(=O)(=O)c1ccc(C)c(C(=O)Nc2ccccc2CC(N)=O)c1. The predicted molar refractivity (Wildman–Crippen MR) is 127 cm³/mol. The summed E-state index contributed by atoms with van der Waals surface area (Å²) in [6, 6.07) is 17.9. The van der Waals surface area contributed by atoms with Gasteiger partial charge in [-0.3, -0.25) is 13.9 Å². The minimum atomic E-state index is -3.98. The minimum absolute atomic E-state index is 0.0342. The number of ether oxygens (including phenoxy) is 1. The standard InChI is InChI=1S/C24H25N3O5S/c1-16-12-13-18(33(30,31)27(2)21-10-6-7-11-22(21)32-3)15-19(16)24(29)26-20-9-5-4-8-17(20)14-23(25)28/h4-13,15H,14H2,1-3H3,(H2,25,28)(H,26,29). The number of benzene rings is 3. The summed E-state index contributed by atoms with van der Waals surface area (Å²) in [5.41, 5.74) is 7.44. The van der Waals surface area contributed by atoms with Crippen molar-refractivity contribution in [2.45, 2.75) is 18.2 Å². The van der Waals surface area contributed by atoms with Gasteiger partial charge in [-0.15, -0.1) is 0 Å². The van der Waals surface area contributed by atoms with Gasteiger partial charge in [-0.05, 0) is 48.4 Å². The van der Waals surface area contributed by atoms with Crippen LogP contribution in [-0.2, 0) is 21.2 Å². The molecule has 3 aromatic rings. The molecule has 0 aliphatic rings. The van der Waals surface area contributed by atoms with Crippen molar-refractivity contribution in [1.29, 1.82) is 0 Å². The van der Waals surface area contributed by atoms with Gasteiger partial charge in [0.15, 0.2) is 0 Å². The third kappa shape index (κ3) is 5.15. The Morgan fingerprint density at radius 2 is 1.70 bits per heavy atom. The highest BCUT2D eigenvalue weighted by atomic mass is 32.2. The van der Waals surface area contributed by atoms with Gasteiger partial charge >= 0.3 is 0 Å². The van der Waals surface area contributed by atoms with Gasteiger partial charge in [0.1, 0.15) is 5.75 Å². The lowest BCUT2D eigenvalue weighted by atomic mass is 10.1. The van der Waals surface area contributed by atoms with Gasteiger partial charge in [0, 0.05) is 18.3 Å². The molecule has 172 valence electrons. The summed E-state index contributed by atoms with van der Waals surface area (Å²) in [4.78, 5) is 24.3. The van der Waals surface area contributed by atoms with Gasteiger partial charge in [-0.2, -0.15) is 0 Å². The molecule has 0 spiro atoms. The van der Waals surface area contributed by atoms with Crippen molar-refractivity contribution < 1.29 is 22.7 Å². The maximum absolute atomic E-state index is 13.3. The number of rotatable bonds is 8.